The minimum Gasteiger partial charge on any atom is -0.308 e. The lowest BCUT2D eigenvalue weighted by atomic mass is 9.84. The zero-order valence-corrected chi connectivity index (χ0v) is 39.6. The van der Waals surface area contributed by atoms with E-state index in [1.807, 2.05) is 72.8 Å². The summed E-state index contributed by atoms with van der Waals surface area (Å²) in [5, 5.41) is 71.0. The molecule has 0 amide bonds. The fraction of sp³-hybridized carbons (Fsp3) is 0. The highest BCUT2D eigenvalue weighted by Crippen LogP contribution is 2.55. The highest BCUT2D eigenvalue weighted by atomic mass is 15.1. The van der Waals surface area contributed by atoms with Gasteiger partial charge in [0.2, 0.25) is 0 Å². The van der Waals surface area contributed by atoms with Gasteiger partial charge in [0.25, 0.3) is 0 Å². The van der Waals surface area contributed by atoms with Crippen LogP contribution in [-0.2, 0) is 0 Å². The summed E-state index contributed by atoms with van der Waals surface area (Å²) in [4.78, 5) is 0. The van der Waals surface area contributed by atoms with Crippen LogP contribution in [0.5, 0.6) is 0 Å². The average Bonchev–Trinajstić information content (AvgIpc) is 4.14. The van der Waals surface area contributed by atoms with Gasteiger partial charge in [-0.2, -0.15) is 31.6 Å². The van der Waals surface area contributed by atoms with Crippen molar-refractivity contribution in [3.05, 3.63) is 234 Å². The zero-order chi connectivity index (χ0) is 50.9. The monoisotopic (exact) mass is 951 g/mol. The molecule has 13 rings (SSSR count). The summed E-state index contributed by atoms with van der Waals surface area (Å²) in [6, 6.07) is 78.7. The van der Waals surface area contributed by atoms with Crippen molar-refractivity contribution in [1.29, 1.82) is 31.6 Å². The van der Waals surface area contributed by atoms with Gasteiger partial charge < -0.3 is 13.7 Å². The van der Waals surface area contributed by atoms with Gasteiger partial charge >= 0.3 is 0 Å². The number of fused-ring (bicyclic) bond motifs is 9. The topological polar surface area (TPSA) is 158 Å². The number of benzene rings is 10. The van der Waals surface area contributed by atoms with E-state index in [0.29, 0.717) is 50.4 Å². The molecule has 75 heavy (non-hydrogen) atoms. The van der Waals surface area contributed by atoms with Crippen molar-refractivity contribution < 1.29 is 0 Å². The number of hydrogen-bond donors (Lipinski definition) is 0. The Labute approximate surface area is 429 Å². The van der Waals surface area contributed by atoms with Crippen LogP contribution >= 0.6 is 0 Å². The Hall–Kier alpha value is -11.5. The third-order valence-corrected chi connectivity index (χ3v) is 14.3. The molecule has 0 atom stereocenters. The molecule has 0 aliphatic rings. The molecule has 0 spiro atoms. The number of hydrogen-bond acceptors (Lipinski definition) is 6. The molecule has 9 nitrogen and oxygen atoms in total. The van der Waals surface area contributed by atoms with E-state index in [4.69, 9.17) is 0 Å². The van der Waals surface area contributed by atoms with Crippen LogP contribution in [0.25, 0.3) is 116 Å². The third-order valence-electron chi connectivity index (χ3n) is 14.3. The third kappa shape index (κ3) is 6.59. The lowest BCUT2D eigenvalue weighted by molar-refractivity contribution is 1.10. The predicted molar refractivity (Wildman–Crippen MR) is 294 cm³/mol. The first kappa shape index (κ1) is 43.6. The van der Waals surface area contributed by atoms with Crippen LogP contribution in [0.2, 0.25) is 0 Å². The molecule has 0 unspecified atom stereocenters. The predicted octanol–water partition coefficient (Wildman–Crippen LogP) is 15.2. The van der Waals surface area contributed by atoms with Crippen molar-refractivity contribution in [2.45, 2.75) is 0 Å². The Morgan fingerprint density at radius 3 is 0.573 bits per heavy atom. The van der Waals surface area contributed by atoms with E-state index in [9.17, 15) is 31.6 Å². The minimum atomic E-state index is 0.247. The van der Waals surface area contributed by atoms with Crippen LogP contribution in [-0.4, -0.2) is 13.7 Å². The molecule has 10 aromatic carbocycles. The standard InChI is InChI=1S/C66H33N9/c67-34-40-25-41(35-68)29-46(28-40)61-64(73-55-19-7-1-13-49(55)50-14-2-8-20-56(50)73)62(47-30-42(36-69)26-43(31-47)37-70)66(75-59-23-11-5-17-53(59)54-18-6-12-24-60(54)75)63(48-32-44(38-71)27-45(33-48)39-72)65(61)74-57-21-9-3-15-51(57)52-16-4-10-22-58(52)74/h1-33H. The summed E-state index contributed by atoms with van der Waals surface area (Å²) in [6.45, 7) is 0. The molecule has 3 aromatic heterocycles. The Kier molecular flexibility index (Phi) is 9.96. The molecule has 0 saturated carbocycles. The molecular weight excluding hydrogens is 919 g/mol. The number of rotatable bonds is 6. The summed E-state index contributed by atoms with van der Waals surface area (Å²) in [6.07, 6.45) is 0. The Morgan fingerprint density at radius 1 is 0.227 bits per heavy atom. The number of nitrogens with zero attached hydrogens (tertiary/aromatic N) is 9. The SMILES string of the molecule is N#Cc1cc(C#N)cc(-c2c(-n3c4ccccc4c4ccccc43)c(-c3cc(C#N)cc(C#N)c3)c(-n3c4ccccc4c4ccccc43)c(-c3cc(C#N)cc(C#N)c3)c2-n2c3ccccc3c3ccccc32)c1. The van der Waals surface area contributed by atoms with E-state index in [1.54, 1.807) is 54.6 Å². The van der Waals surface area contributed by atoms with Gasteiger partial charge in [-0.05, 0) is 108 Å². The van der Waals surface area contributed by atoms with Crippen LogP contribution in [0.15, 0.2) is 200 Å². The smallest absolute Gasteiger partial charge is 0.0992 e. The summed E-state index contributed by atoms with van der Waals surface area (Å²) in [7, 11) is 0. The Bertz CT molecular complexity index is 4150. The molecule has 0 N–H and O–H groups in total. The number of aromatic nitrogens is 3. The van der Waals surface area contributed by atoms with E-state index < -0.39 is 0 Å². The van der Waals surface area contributed by atoms with E-state index in [2.05, 4.69) is 123 Å². The van der Waals surface area contributed by atoms with Crippen LogP contribution in [0.4, 0.5) is 0 Å². The van der Waals surface area contributed by atoms with Gasteiger partial charge in [0.15, 0.2) is 0 Å². The van der Waals surface area contributed by atoms with E-state index in [1.165, 1.54) is 0 Å². The maximum absolute atomic E-state index is 10.9. The first-order chi connectivity index (χ1) is 36.9. The summed E-state index contributed by atoms with van der Waals surface area (Å²) in [5.74, 6) is 0. The highest BCUT2D eigenvalue weighted by Gasteiger charge is 2.35. The summed E-state index contributed by atoms with van der Waals surface area (Å²) < 4.78 is 6.70. The molecule has 342 valence electrons. The van der Waals surface area contributed by atoms with Gasteiger partial charge in [-0.3, -0.25) is 0 Å². The number of nitriles is 6. The molecule has 0 aliphatic carbocycles. The normalized spacial score (nSPS) is 11.1. The van der Waals surface area contributed by atoms with Gasteiger partial charge in [-0.1, -0.05) is 109 Å². The first-order valence-corrected chi connectivity index (χ1v) is 24.0. The average molecular weight is 952 g/mol. The van der Waals surface area contributed by atoms with E-state index in [0.717, 1.165) is 65.4 Å². The van der Waals surface area contributed by atoms with Gasteiger partial charge in [-0.15, -0.1) is 0 Å². The molecule has 0 aliphatic heterocycles. The van der Waals surface area contributed by atoms with Gasteiger partial charge in [-0.25, -0.2) is 0 Å². The second kappa shape index (κ2) is 17.1. The van der Waals surface area contributed by atoms with Crippen molar-refractivity contribution in [2.24, 2.45) is 0 Å². The van der Waals surface area contributed by atoms with E-state index in [-0.39, 0.29) is 33.4 Å². The lowest BCUT2D eigenvalue weighted by Crippen LogP contribution is -2.13. The van der Waals surface area contributed by atoms with Crippen molar-refractivity contribution in [3.63, 3.8) is 0 Å². The fourth-order valence-electron chi connectivity index (χ4n) is 11.4. The number of para-hydroxylation sites is 6. The molecule has 3 heterocycles. The van der Waals surface area contributed by atoms with Crippen LogP contribution in [0, 0.1) is 68.0 Å². The largest absolute Gasteiger partial charge is 0.308 e. The van der Waals surface area contributed by atoms with Gasteiger partial charge in [0.05, 0.1) is 120 Å². The molecule has 0 radical (unpaired) electrons. The highest BCUT2D eigenvalue weighted by molar-refractivity contribution is 6.18. The molecule has 0 fully saturated rings. The van der Waals surface area contributed by atoms with Crippen LogP contribution in [0.1, 0.15) is 33.4 Å². The second-order valence-electron chi connectivity index (χ2n) is 18.3. The van der Waals surface area contributed by atoms with Crippen molar-refractivity contribution in [3.8, 4) is 86.9 Å². The zero-order valence-electron chi connectivity index (χ0n) is 39.6. The Morgan fingerprint density at radius 2 is 0.400 bits per heavy atom. The lowest BCUT2D eigenvalue weighted by Gasteiger charge is -2.31. The minimum absolute atomic E-state index is 0.247. The molecule has 0 bridgehead atoms. The second-order valence-corrected chi connectivity index (χ2v) is 18.3. The Balaban J connectivity index is 1.47. The van der Waals surface area contributed by atoms with Crippen LogP contribution < -0.4 is 0 Å². The molecule has 13 aromatic rings. The summed E-state index contributed by atoms with van der Waals surface area (Å²) >= 11 is 0. The van der Waals surface area contributed by atoms with Crippen molar-refractivity contribution in [1.82, 2.24) is 13.7 Å². The van der Waals surface area contributed by atoms with Crippen LogP contribution in [0.3, 0.4) is 0 Å². The van der Waals surface area contributed by atoms with Crippen molar-refractivity contribution in [2.75, 3.05) is 0 Å². The molecule has 9 heteroatoms. The molecular formula is C66H33N9. The summed E-state index contributed by atoms with van der Waals surface area (Å²) in [5.41, 5.74) is 11.6. The van der Waals surface area contributed by atoms with Gasteiger partial charge in [0.1, 0.15) is 0 Å². The maximum atomic E-state index is 10.9. The maximum Gasteiger partial charge on any atom is 0.0992 e. The van der Waals surface area contributed by atoms with Gasteiger partial charge in [0, 0.05) is 49.0 Å². The van der Waals surface area contributed by atoms with Crippen molar-refractivity contribution >= 4 is 65.4 Å². The fourth-order valence-corrected chi connectivity index (χ4v) is 11.4. The molecule has 0 saturated heterocycles. The van der Waals surface area contributed by atoms with E-state index >= 15 is 0 Å². The first-order valence-electron chi connectivity index (χ1n) is 24.0. The quantitative estimate of drug-likeness (QED) is 0.161.